The molecule has 11 heteroatoms. The summed E-state index contributed by atoms with van der Waals surface area (Å²) in [5.74, 6) is 0.864. The third-order valence-electron chi connectivity index (χ3n) is 7.28. The molecule has 0 bridgehead atoms. The van der Waals surface area contributed by atoms with Crippen LogP contribution in [0.1, 0.15) is 36.4 Å². The van der Waals surface area contributed by atoms with E-state index in [-0.39, 0.29) is 17.0 Å². The van der Waals surface area contributed by atoms with Gasteiger partial charge in [0, 0.05) is 35.4 Å². The third kappa shape index (κ3) is 3.83. The minimum Gasteiger partial charge on any atom is -0.355 e. The zero-order valence-electron chi connectivity index (χ0n) is 19.1. The highest BCUT2D eigenvalue weighted by molar-refractivity contribution is 7.99. The maximum absolute atomic E-state index is 12.8. The van der Waals surface area contributed by atoms with Gasteiger partial charge in [-0.1, -0.05) is 23.4 Å². The van der Waals surface area contributed by atoms with Gasteiger partial charge in [-0.3, -0.25) is 9.36 Å². The van der Waals surface area contributed by atoms with Crippen LogP contribution in [-0.4, -0.2) is 37.6 Å². The molecule has 8 nitrogen and oxygen atoms in total. The molecule has 6 rings (SSSR count). The molecule has 35 heavy (non-hydrogen) atoms. The number of halogens is 1. The fourth-order valence-electron chi connectivity index (χ4n) is 5.18. The van der Waals surface area contributed by atoms with E-state index >= 15 is 0 Å². The Kier molecular flexibility index (Phi) is 5.79. The van der Waals surface area contributed by atoms with Crippen molar-refractivity contribution in [1.82, 2.24) is 24.5 Å². The highest BCUT2D eigenvalue weighted by Crippen LogP contribution is 2.51. The lowest BCUT2D eigenvalue weighted by Crippen LogP contribution is -2.44. The molecule has 0 saturated carbocycles. The number of aryl methyl sites for hydroxylation is 1. The first-order valence-electron chi connectivity index (χ1n) is 11.6. The zero-order chi connectivity index (χ0) is 24.2. The molecule has 1 aliphatic carbocycles. The highest BCUT2D eigenvalue weighted by Gasteiger charge is 2.47. The summed E-state index contributed by atoms with van der Waals surface area (Å²) in [6, 6.07) is 3.77. The van der Waals surface area contributed by atoms with E-state index in [4.69, 9.17) is 17.3 Å². The van der Waals surface area contributed by atoms with Crippen LogP contribution in [0.4, 0.5) is 5.82 Å². The Labute approximate surface area is 215 Å². The normalized spacial score (nSPS) is 18.9. The summed E-state index contributed by atoms with van der Waals surface area (Å²) in [6.07, 6.45) is 8.15. The van der Waals surface area contributed by atoms with Gasteiger partial charge in [-0.25, -0.2) is 19.9 Å². The molecule has 1 aromatic carbocycles. The molecule has 1 saturated heterocycles. The molecule has 0 unspecified atom stereocenters. The Morgan fingerprint density at radius 3 is 2.74 bits per heavy atom. The lowest BCUT2D eigenvalue weighted by atomic mass is 9.74. The van der Waals surface area contributed by atoms with E-state index in [9.17, 15) is 4.79 Å². The number of hydrogen-bond acceptors (Lipinski definition) is 9. The van der Waals surface area contributed by atoms with Crippen molar-refractivity contribution in [3.8, 4) is 0 Å². The Hall–Kier alpha value is -2.53. The summed E-state index contributed by atoms with van der Waals surface area (Å²) >= 11 is 9.71. The van der Waals surface area contributed by atoms with Gasteiger partial charge in [0.1, 0.15) is 10.8 Å². The van der Waals surface area contributed by atoms with E-state index < -0.39 is 0 Å². The first kappa shape index (κ1) is 22.9. The quantitative estimate of drug-likeness (QED) is 0.420. The number of piperidine rings is 1. The van der Waals surface area contributed by atoms with Crippen molar-refractivity contribution >= 4 is 51.4 Å². The topological polar surface area (TPSA) is 103 Å². The van der Waals surface area contributed by atoms with Crippen LogP contribution in [0.2, 0.25) is 5.02 Å². The molecule has 3 aromatic heterocycles. The second-order valence-electron chi connectivity index (χ2n) is 9.09. The monoisotopic (exact) mass is 525 g/mol. The van der Waals surface area contributed by atoms with Gasteiger partial charge in [-0.2, -0.15) is 0 Å². The predicted octanol–water partition coefficient (Wildman–Crippen LogP) is 4.31. The molecule has 1 aliphatic heterocycles. The van der Waals surface area contributed by atoms with E-state index in [2.05, 4.69) is 24.8 Å². The van der Waals surface area contributed by atoms with Crippen molar-refractivity contribution in [3.63, 3.8) is 0 Å². The van der Waals surface area contributed by atoms with E-state index in [1.807, 2.05) is 30.8 Å². The summed E-state index contributed by atoms with van der Waals surface area (Å²) in [7, 11) is 0. The maximum atomic E-state index is 12.8. The van der Waals surface area contributed by atoms with Gasteiger partial charge in [0.05, 0.1) is 45.9 Å². The summed E-state index contributed by atoms with van der Waals surface area (Å²) in [4.78, 5) is 35.2. The van der Waals surface area contributed by atoms with Gasteiger partial charge in [-0.05, 0) is 43.7 Å². The molecule has 2 N–H and O–H groups in total. The fourth-order valence-corrected chi connectivity index (χ4v) is 7.25. The van der Waals surface area contributed by atoms with E-state index in [1.165, 1.54) is 22.3 Å². The van der Waals surface area contributed by atoms with Crippen LogP contribution >= 0.6 is 34.7 Å². The standard InChI is InChI=1S/C24H24ClN7OS2/c1-2-31-12-29-14-3-4-16(20(25)19(14)23(31)33)35-18-11-27-17(10-28-18)32-7-5-24(6-8-32)9-15-21(22(24)26)34-13-30-15/h3-4,10-13,22H,2,5-9,26H2,1H3/t22-/m1/s1. The van der Waals surface area contributed by atoms with Crippen LogP contribution in [0.25, 0.3) is 10.9 Å². The zero-order valence-corrected chi connectivity index (χ0v) is 21.5. The molecule has 1 fully saturated rings. The van der Waals surface area contributed by atoms with Gasteiger partial charge in [0.2, 0.25) is 0 Å². The van der Waals surface area contributed by atoms with Gasteiger partial charge in [0.25, 0.3) is 5.56 Å². The Balaban J connectivity index is 1.17. The number of nitrogens with zero attached hydrogens (tertiary/aromatic N) is 6. The van der Waals surface area contributed by atoms with Gasteiger partial charge < -0.3 is 10.6 Å². The predicted molar refractivity (Wildman–Crippen MR) is 139 cm³/mol. The van der Waals surface area contributed by atoms with E-state index in [0.29, 0.717) is 22.5 Å². The summed E-state index contributed by atoms with van der Waals surface area (Å²) < 4.78 is 1.55. The average Bonchev–Trinajstić information content (AvgIpc) is 3.43. The first-order valence-corrected chi connectivity index (χ1v) is 13.7. The lowest BCUT2D eigenvalue weighted by Gasteiger charge is -2.42. The number of aromatic nitrogens is 5. The van der Waals surface area contributed by atoms with Crippen molar-refractivity contribution in [2.45, 2.75) is 48.7 Å². The number of hydrogen-bond donors (Lipinski definition) is 1. The molecular formula is C24H24ClN7OS2. The van der Waals surface area contributed by atoms with Crippen molar-refractivity contribution in [2.24, 2.45) is 11.1 Å². The minimum absolute atomic E-state index is 0.0837. The van der Waals surface area contributed by atoms with Gasteiger partial charge in [-0.15, -0.1) is 11.3 Å². The second-order valence-corrected chi connectivity index (χ2v) is 11.4. The second kappa shape index (κ2) is 8.85. The van der Waals surface area contributed by atoms with Crippen LogP contribution in [0, 0.1) is 5.41 Å². The SMILES string of the molecule is CCn1cnc2ccc(Sc3cnc(N4CCC5(CC4)Cc4ncsc4[C@H]5N)cn3)c(Cl)c2c1=O. The molecule has 0 amide bonds. The maximum Gasteiger partial charge on any atom is 0.262 e. The molecule has 4 aromatic rings. The van der Waals surface area contributed by atoms with Crippen molar-refractivity contribution in [2.75, 3.05) is 18.0 Å². The number of thiazole rings is 1. The van der Waals surface area contributed by atoms with Gasteiger partial charge in [0.15, 0.2) is 0 Å². The van der Waals surface area contributed by atoms with Crippen LogP contribution in [-0.2, 0) is 13.0 Å². The number of fused-ring (bicyclic) bond motifs is 2. The number of anilines is 1. The average molecular weight is 526 g/mol. The van der Waals surface area contributed by atoms with Crippen LogP contribution in [0.5, 0.6) is 0 Å². The van der Waals surface area contributed by atoms with Crippen LogP contribution in [0.3, 0.4) is 0 Å². The third-order valence-corrected chi connectivity index (χ3v) is 9.72. The molecule has 180 valence electrons. The van der Waals surface area contributed by atoms with E-state index in [1.54, 1.807) is 28.4 Å². The Morgan fingerprint density at radius 2 is 2.03 bits per heavy atom. The van der Waals surface area contributed by atoms with Crippen LogP contribution in [0.15, 0.2) is 51.1 Å². The number of rotatable bonds is 4. The largest absolute Gasteiger partial charge is 0.355 e. The molecule has 1 spiro atoms. The highest BCUT2D eigenvalue weighted by atomic mass is 35.5. The summed E-state index contributed by atoms with van der Waals surface area (Å²) in [6.45, 7) is 4.24. The number of nitrogens with two attached hydrogens (primary N) is 1. The first-order chi connectivity index (χ1) is 17.0. The smallest absolute Gasteiger partial charge is 0.262 e. The molecule has 0 radical (unpaired) electrons. The minimum atomic E-state index is -0.137. The molecule has 2 aliphatic rings. The Bertz CT molecular complexity index is 1460. The van der Waals surface area contributed by atoms with Gasteiger partial charge >= 0.3 is 0 Å². The van der Waals surface area contributed by atoms with Crippen molar-refractivity contribution in [1.29, 1.82) is 0 Å². The lowest BCUT2D eigenvalue weighted by molar-refractivity contribution is 0.187. The molecule has 4 heterocycles. The number of benzene rings is 1. The van der Waals surface area contributed by atoms with Crippen LogP contribution < -0.4 is 16.2 Å². The summed E-state index contributed by atoms with van der Waals surface area (Å²) in [5, 5.41) is 1.55. The molecular weight excluding hydrogens is 502 g/mol. The fraction of sp³-hybridized carbons (Fsp3) is 0.375. The van der Waals surface area contributed by atoms with E-state index in [0.717, 1.165) is 48.1 Å². The van der Waals surface area contributed by atoms with Crippen molar-refractivity contribution < 1.29 is 0 Å². The molecule has 1 atom stereocenters. The Morgan fingerprint density at radius 1 is 1.20 bits per heavy atom. The van der Waals surface area contributed by atoms with Crippen molar-refractivity contribution in [3.05, 3.63) is 62.3 Å². The summed E-state index contributed by atoms with van der Waals surface area (Å²) in [5.41, 5.74) is 10.3.